The molecule has 0 aromatic rings. The molecule has 5 heavy (non-hydrogen) atoms. The smallest absolute Gasteiger partial charge is 0.0200 e. The molecule has 0 nitrogen and oxygen atoms in total. The van der Waals surface area contributed by atoms with E-state index in [9.17, 15) is 0 Å². The summed E-state index contributed by atoms with van der Waals surface area (Å²) in [4.78, 5) is 0. The first-order valence-electron chi connectivity index (χ1n) is 1.73. The van der Waals surface area contributed by atoms with E-state index in [1.807, 2.05) is 13.0 Å². The fourth-order valence-corrected chi connectivity index (χ4v) is 0.408. The Morgan fingerprint density at radius 3 is 2.40 bits per heavy atom. The van der Waals surface area contributed by atoms with E-state index in [4.69, 9.17) is 0 Å². The fourth-order valence-electron chi connectivity index (χ4n) is 0.136. The maximum Gasteiger partial charge on any atom is -0.0200 e. The molecule has 0 amide bonds. The van der Waals surface area contributed by atoms with Crippen molar-refractivity contribution in [3.05, 3.63) is 12.2 Å². The van der Waals surface area contributed by atoms with Crippen molar-refractivity contribution in [1.29, 1.82) is 0 Å². The van der Waals surface area contributed by atoms with Gasteiger partial charge in [-0.15, -0.1) is 9.24 Å². The molecule has 1 atom stereocenters. The topological polar surface area (TPSA) is 0 Å². The molecule has 0 aromatic carbocycles. The molecule has 0 N–H and O–H groups in total. The summed E-state index contributed by atoms with van der Waals surface area (Å²) in [6.45, 7) is 2.02. The van der Waals surface area contributed by atoms with Gasteiger partial charge in [0.05, 0.1) is 0 Å². The van der Waals surface area contributed by atoms with E-state index in [0.29, 0.717) is 0 Å². The zero-order valence-electron chi connectivity index (χ0n) is 3.44. The summed E-state index contributed by atoms with van der Waals surface area (Å²) in [6, 6.07) is 0. The molecule has 0 heterocycles. The van der Waals surface area contributed by atoms with Gasteiger partial charge in [-0.05, 0) is 13.1 Å². The van der Waals surface area contributed by atoms with Gasteiger partial charge in [0.1, 0.15) is 0 Å². The highest BCUT2D eigenvalue weighted by Gasteiger charge is 1.52. The molecule has 1 unspecified atom stereocenters. The summed E-state index contributed by atoms with van der Waals surface area (Å²) in [5.41, 5.74) is 0. The Labute approximate surface area is 35.5 Å². The second-order valence-electron chi connectivity index (χ2n) is 0.805. The third kappa shape index (κ3) is 4.17. The molecular formula is C4H9P. The summed E-state index contributed by atoms with van der Waals surface area (Å²) >= 11 is 0. The van der Waals surface area contributed by atoms with Crippen LogP contribution >= 0.6 is 9.24 Å². The lowest BCUT2D eigenvalue weighted by Gasteiger charge is -1.65. The van der Waals surface area contributed by atoms with Crippen LogP contribution in [0.25, 0.3) is 0 Å². The van der Waals surface area contributed by atoms with Gasteiger partial charge in [0.2, 0.25) is 0 Å². The van der Waals surface area contributed by atoms with Crippen molar-refractivity contribution in [1.82, 2.24) is 0 Å². The molecule has 0 aliphatic carbocycles. The van der Waals surface area contributed by atoms with E-state index < -0.39 is 0 Å². The molecule has 0 aromatic heterocycles. The highest BCUT2D eigenvalue weighted by molar-refractivity contribution is 7.16. The van der Waals surface area contributed by atoms with Gasteiger partial charge in [0.25, 0.3) is 0 Å². The molecule has 0 spiro atoms. The minimum Gasteiger partial charge on any atom is -0.134 e. The lowest BCUT2D eigenvalue weighted by molar-refractivity contribution is 1.66. The second kappa shape index (κ2) is 4.17. The Hall–Kier alpha value is 0.170. The second-order valence-corrected chi connectivity index (χ2v) is 1.28. The Morgan fingerprint density at radius 2 is 2.40 bits per heavy atom. The van der Waals surface area contributed by atoms with Crippen LogP contribution in [0.3, 0.4) is 0 Å². The number of allylic oxidation sites excluding steroid dienone is 2. The van der Waals surface area contributed by atoms with E-state index in [0.717, 1.165) is 6.16 Å². The first kappa shape index (κ1) is 5.17. The van der Waals surface area contributed by atoms with Crippen molar-refractivity contribution in [2.45, 2.75) is 6.92 Å². The summed E-state index contributed by atoms with van der Waals surface area (Å²) in [5, 5.41) is 0. The average Bonchev–Trinajstić information content (AvgIpc) is 1.41. The van der Waals surface area contributed by atoms with Crippen molar-refractivity contribution >= 4 is 9.24 Å². The number of hydrogen-bond donors (Lipinski definition) is 0. The summed E-state index contributed by atoms with van der Waals surface area (Å²) in [5.74, 6) is 0. The monoisotopic (exact) mass is 88.0 g/mol. The fraction of sp³-hybridized carbons (Fsp3) is 0.500. The molecule has 0 saturated heterocycles. The summed E-state index contributed by atoms with van der Waals surface area (Å²) < 4.78 is 0. The van der Waals surface area contributed by atoms with Crippen molar-refractivity contribution in [2.75, 3.05) is 6.16 Å². The summed E-state index contributed by atoms with van der Waals surface area (Å²) in [6.07, 6.45) is 5.20. The Bertz CT molecular complexity index is 30.6. The zero-order chi connectivity index (χ0) is 4.12. The molecule has 0 aliphatic heterocycles. The molecule has 30 valence electrons. The van der Waals surface area contributed by atoms with Gasteiger partial charge in [-0.25, -0.2) is 0 Å². The largest absolute Gasteiger partial charge is 0.134 e. The first-order chi connectivity index (χ1) is 2.41. The SMILES string of the molecule is CC=CCP. The molecule has 0 saturated carbocycles. The Morgan fingerprint density at radius 1 is 1.80 bits per heavy atom. The lowest BCUT2D eigenvalue weighted by Crippen LogP contribution is -1.49. The van der Waals surface area contributed by atoms with Crippen LogP contribution in [0.1, 0.15) is 6.92 Å². The maximum atomic E-state index is 2.61. The van der Waals surface area contributed by atoms with E-state index in [-0.39, 0.29) is 0 Å². The Kier molecular flexibility index (Phi) is 4.31. The quantitative estimate of drug-likeness (QED) is 0.336. The first-order valence-corrected chi connectivity index (χ1v) is 2.54. The van der Waals surface area contributed by atoms with Crippen molar-refractivity contribution in [2.24, 2.45) is 0 Å². The lowest BCUT2D eigenvalue weighted by atomic mass is 10.6. The van der Waals surface area contributed by atoms with Crippen molar-refractivity contribution < 1.29 is 0 Å². The van der Waals surface area contributed by atoms with Crippen molar-refractivity contribution in [3.63, 3.8) is 0 Å². The molecule has 0 rings (SSSR count). The molecule has 0 bridgehead atoms. The zero-order valence-corrected chi connectivity index (χ0v) is 4.59. The van der Waals surface area contributed by atoms with Crippen LogP contribution in [0.5, 0.6) is 0 Å². The van der Waals surface area contributed by atoms with Crippen LogP contribution in [0.15, 0.2) is 12.2 Å². The predicted molar refractivity (Wildman–Crippen MR) is 29.4 cm³/mol. The minimum absolute atomic E-state index is 1.08. The summed E-state index contributed by atoms with van der Waals surface area (Å²) in [7, 11) is 2.61. The van der Waals surface area contributed by atoms with Crippen molar-refractivity contribution in [3.8, 4) is 0 Å². The van der Waals surface area contributed by atoms with Gasteiger partial charge in [0.15, 0.2) is 0 Å². The van der Waals surface area contributed by atoms with Crippen LogP contribution < -0.4 is 0 Å². The van der Waals surface area contributed by atoms with Gasteiger partial charge in [-0.2, -0.15) is 0 Å². The normalized spacial score (nSPS) is 10.0. The predicted octanol–water partition coefficient (Wildman–Crippen LogP) is 1.44. The maximum absolute atomic E-state index is 2.61. The molecule has 0 radical (unpaired) electrons. The van der Waals surface area contributed by atoms with Gasteiger partial charge >= 0.3 is 0 Å². The van der Waals surface area contributed by atoms with E-state index >= 15 is 0 Å². The number of hydrogen-bond acceptors (Lipinski definition) is 0. The third-order valence-electron chi connectivity index (χ3n) is 0.372. The number of rotatable bonds is 1. The van der Waals surface area contributed by atoms with E-state index in [2.05, 4.69) is 15.3 Å². The average molecular weight is 88.1 g/mol. The highest BCUT2D eigenvalue weighted by atomic mass is 31.0. The molecular weight excluding hydrogens is 79.0 g/mol. The standard InChI is InChI=1S/C4H9P/c1-2-3-4-5/h2-3H,4-5H2,1H3. The van der Waals surface area contributed by atoms with Crippen LogP contribution in [0.4, 0.5) is 0 Å². The third-order valence-corrected chi connectivity index (χ3v) is 0.644. The minimum atomic E-state index is 1.08. The van der Waals surface area contributed by atoms with Crippen LogP contribution in [0, 0.1) is 0 Å². The van der Waals surface area contributed by atoms with Gasteiger partial charge in [-0.1, -0.05) is 12.2 Å². The molecule has 1 heteroatoms. The molecule has 0 fully saturated rings. The molecule has 0 aliphatic rings. The highest BCUT2D eigenvalue weighted by Crippen LogP contribution is 1.78. The van der Waals surface area contributed by atoms with E-state index in [1.165, 1.54) is 0 Å². The van der Waals surface area contributed by atoms with Crippen LogP contribution in [0.2, 0.25) is 0 Å². The van der Waals surface area contributed by atoms with Crippen LogP contribution in [-0.2, 0) is 0 Å². The van der Waals surface area contributed by atoms with Gasteiger partial charge < -0.3 is 0 Å². The van der Waals surface area contributed by atoms with E-state index in [1.54, 1.807) is 0 Å². The Balaban J connectivity index is 2.62. The van der Waals surface area contributed by atoms with Crippen LogP contribution in [-0.4, -0.2) is 6.16 Å². The van der Waals surface area contributed by atoms with Gasteiger partial charge in [0, 0.05) is 0 Å². The van der Waals surface area contributed by atoms with Gasteiger partial charge in [-0.3, -0.25) is 0 Å².